The van der Waals surface area contributed by atoms with Crippen LogP contribution in [0.25, 0.3) is 0 Å². The normalized spacial score (nSPS) is 16.6. The summed E-state index contributed by atoms with van der Waals surface area (Å²) < 4.78 is 58.4. The molecule has 2 heterocycles. The third-order valence-corrected chi connectivity index (χ3v) is 8.15. The van der Waals surface area contributed by atoms with E-state index >= 15 is 0 Å². The fourth-order valence-corrected chi connectivity index (χ4v) is 6.25. The van der Waals surface area contributed by atoms with Gasteiger partial charge < -0.3 is 4.74 Å². The summed E-state index contributed by atoms with van der Waals surface area (Å²) in [5, 5.41) is 6.39. The molecule has 1 aliphatic rings. The Bertz CT molecular complexity index is 1330. The van der Waals surface area contributed by atoms with E-state index in [1.54, 1.807) is 36.4 Å². The minimum Gasteiger partial charge on any atom is -0.497 e. The summed E-state index contributed by atoms with van der Waals surface area (Å²) in [4.78, 5) is 1.01. The van der Waals surface area contributed by atoms with Crippen LogP contribution in [0, 0.1) is 0 Å². The molecule has 1 aliphatic heterocycles. The Morgan fingerprint density at radius 2 is 1.72 bits per heavy atom. The fourth-order valence-electron chi connectivity index (χ4n) is 3.38. The Hall–Kier alpha value is -2.89. The topological polar surface area (TPSA) is 105 Å². The highest BCUT2D eigenvalue weighted by molar-refractivity contribution is 7.92. The van der Waals surface area contributed by atoms with Gasteiger partial charge in [-0.15, -0.1) is 11.3 Å². The molecule has 0 unspecified atom stereocenters. The molecule has 0 spiro atoms. The summed E-state index contributed by atoms with van der Waals surface area (Å²) in [5.74, 6) is 0.562. The lowest BCUT2D eigenvalue weighted by molar-refractivity contribution is 0.375. The zero-order valence-corrected chi connectivity index (χ0v) is 19.7. The van der Waals surface area contributed by atoms with Crippen LogP contribution in [0.15, 0.2) is 76.0 Å². The van der Waals surface area contributed by atoms with Gasteiger partial charge in [0.2, 0.25) is 10.0 Å². The highest BCUT2D eigenvalue weighted by Gasteiger charge is 2.38. The van der Waals surface area contributed by atoms with Crippen molar-refractivity contribution in [3.63, 3.8) is 0 Å². The van der Waals surface area contributed by atoms with Gasteiger partial charge in [0.1, 0.15) is 11.8 Å². The molecule has 0 amide bonds. The van der Waals surface area contributed by atoms with Crippen molar-refractivity contribution in [2.24, 2.45) is 5.10 Å². The minimum absolute atomic E-state index is 0.123. The summed E-state index contributed by atoms with van der Waals surface area (Å²) in [6.45, 7) is 0. The summed E-state index contributed by atoms with van der Waals surface area (Å²) in [6.07, 6.45) is 1.48. The maximum absolute atomic E-state index is 13.4. The molecule has 1 aromatic heterocycles. The molecule has 0 bridgehead atoms. The Morgan fingerprint density at radius 3 is 2.28 bits per heavy atom. The molecule has 4 rings (SSSR count). The Kier molecular flexibility index (Phi) is 5.97. The van der Waals surface area contributed by atoms with Gasteiger partial charge in [-0.05, 0) is 53.4 Å². The van der Waals surface area contributed by atoms with Crippen molar-refractivity contribution >= 4 is 42.8 Å². The number of sulfonamides is 2. The van der Waals surface area contributed by atoms with Crippen LogP contribution >= 0.6 is 11.3 Å². The quantitative estimate of drug-likeness (QED) is 0.543. The SMILES string of the molecule is COc1ccc(S(=O)(=O)N2N=C(c3ccc(NS(C)(=O)=O)cc3)C[C@@H]2c2cccs2)cc1. The third kappa shape index (κ3) is 4.64. The molecule has 8 nitrogen and oxygen atoms in total. The van der Waals surface area contributed by atoms with Gasteiger partial charge in [-0.1, -0.05) is 18.2 Å². The standard InChI is InChI=1S/C21H21N3O5S3/c1-29-17-9-11-18(12-10-17)32(27,28)24-20(21-4-3-13-30-21)14-19(22-24)15-5-7-16(8-6-15)23-31(2,25)26/h3-13,20,23H,14H2,1-2H3/t20-/m1/s1. The molecule has 0 fully saturated rings. The second kappa shape index (κ2) is 8.57. The first kappa shape index (κ1) is 22.3. The summed E-state index contributed by atoms with van der Waals surface area (Å²) in [7, 11) is -5.78. The number of anilines is 1. The lowest BCUT2D eigenvalue weighted by Gasteiger charge is -2.22. The predicted octanol–water partition coefficient (Wildman–Crippen LogP) is 3.67. The number of hydrogen-bond acceptors (Lipinski definition) is 7. The molecule has 168 valence electrons. The van der Waals surface area contributed by atoms with E-state index in [9.17, 15) is 16.8 Å². The summed E-state index contributed by atoms with van der Waals surface area (Å²) >= 11 is 1.47. The maximum atomic E-state index is 13.4. The van der Waals surface area contributed by atoms with E-state index in [0.29, 0.717) is 23.6 Å². The van der Waals surface area contributed by atoms with Crippen molar-refractivity contribution in [3.8, 4) is 5.75 Å². The Morgan fingerprint density at radius 1 is 1.03 bits per heavy atom. The van der Waals surface area contributed by atoms with Crippen molar-refractivity contribution in [1.82, 2.24) is 4.41 Å². The van der Waals surface area contributed by atoms with Crippen molar-refractivity contribution < 1.29 is 21.6 Å². The number of nitrogens with one attached hydrogen (secondary N) is 1. The molecule has 0 saturated carbocycles. The first-order chi connectivity index (χ1) is 15.2. The van der Waals surface area contributed by atoms with Gasteiger partial charge in [0, 0.05) is 17.0 Å². The number of rotatable bonds is 7. The van der Waals surface area contributed by atoms with Crippen LogP contribution in [0.1, 0.15) is 22.9 Å². The van der Waals surface area contributed by atoms with E-state index in [0.717, 1.165) is 16.7 Å². The average Bonchev–Trinajstić information content (AvgIpc) is 3.43. The monoisotopic (exact) mass is 491 g/mol. The number of ether oxygens (including phenoxy) is 1. The van der Waals surface area contributed by atoms with Crippen molar-refractivity contribution in [2.45, 2.75) is 17.4 Å². The van der Waals surface area contributed by atoms with Gasteiger partial charge in [0.15, 0.2) is 0 Å². The van der Waals surface area contributed by atoms with Crippen LogP contribution in [0.2, 0.25) is 0 Å². The van der Waals surface area contributed by atoms with Crippen LogP contribution in [-0.4, -0.2) is 40.3 Å². The molecular weight excluding hydrogens is 470 g/mol. The average molecular weight is 492 g/mol. The number of methoxy groups -OCH3 is 1. The highest BCUT2D eigenvalue weighted by Crippen LogP contribution is 2.39. The maximum Gasteiger partial charge on any atom is 0.279 e. The largest absolute Gasteiger partial charge is 0.497 e. The second-order valence-electron chi connectivity index (χ2n) is 7.19. The molecular formula is C21H21N3O5S3. The van der Waals surface area contributed by atoms with Crippen molar-refractivity contribution in [1.29, 1.82) is 0 Å². The van der Waals surface area contributed by atoms with Crippen LogP contribution < -0.4 is 9.46 Å². The van der Waals surface area contributed by atoms with E-state index in [1.165, 1.54) is 35.0 Å². The lowest BCUT2D eigenvalue weighted by Crippen LogP contribution is -2.26. The van der Waals surface area contributed by atoms with Gasteiger partial charge in [0.05, 0.1) is 24.0 Å². The Balaban J connectivity index is 1.70. The van der Waals surface area contributed by atoms with Gasteiger partial charge in [-0.3, -0.25) is 4.72 Å². The van der Waals surface area contributed by atoms with Gasteiger partial charge >= 0.3 is 0 Å². The molecule has 1 atom stereocenters. The van der Waals surface area contributed by atoms with Gasteiger partial charge in [-0.2, -0.15) is 17.9 Å². The smallest absolute Gasteiger partial charge is 0.279 e. The van der Waals surface area contributed by atoms with Crippen molar-refractivity contribution in [3.05, 3.63) is 76.5 Å². The molecule has 0 radical (unpaired) electrons. The van der Waals surface area contributed by atoms with Crippen LogP contribution in [-0.2, 0) is 20.0 Å². The van der Waals surface area contributed by atoms with E-state index in [4.69, 9.17) is 4.74 Å². The van der Waals surface area contributed by atoms with Crippen LogP contribution in [0.4, 0.5) is 5.69 Å². The summed E-state index contributed by atoms with van der Waals surface area (Å²) in [5.41, 5.74) is 1.75. The Labute approximate surface area is 191 Å². The zero-order valence-electron chi connectivity index (χ0n) is 17.3. The fraction of sp³-hybridized carbons (Fsp3) is 0.190. The van der Waals surface area contributed by atoms with Gasteiger partial charge in [-0.25, -0.2) is 8.42 Å². The highest BCUT2D eigenvalue weighted by atomic mass is 32.2. The number of nitrogens with zero attached hydrogens (tertiary/aromatic N) is 2. The summed E-state index contributed by atoms with van der Waals surface area (Å²) in [6, 6.07) is 16.2. The minimum atomic E-state index is -3.91. The van der Waals surface area contributed by atoms with Crippen LogP contribution in [0.5, 0.6) is 5.75 Å². The predicted molar refractivity (Wildman–Crippen MR) is 125 cm³/mol. The van der Waals surface area contributed by atoms with Gasteiger partial charge in [0.25, 0.3) is 10.0 Å². The molecule has 32 heavy (non-hydrogen) atoms. The number of thiophene rings is 1. The van der Waals surface area contributed by atoms with E-state index in [1.807, 2.05) is 17.5 Å². The number of benzene rings is 2. The van der Waals surface area contributed by atoms with Crippen molar-refractivity contribution in [2.75, 3.05) is 18.1 Å². The molecule has 0 aliphatic carbocycles. The molecule has 0 saturated heterocycles. The number of hydrogen-bond donors (Lipinski definition) is 1. The number of hydrazone groups is 1. The first-order valence-electron chi connectivity index (χ1n) is 9.55. The zero-order chi connectivity index (χ0) is 22.9. The molecule has 11 heteroatoms. The van der Waals surface area contributed by atoms with E-state index in [2.05, 4.69) is 9.82 Å². The van der Waals surface area contributed by atoms with E-state index in [-0.39, 0.29) is 4.90 Å². The van der Waals surface area contributed by atoms with Crippen LogP contribution in [0.3, 0.4) is 0 Å². The molecule has 2 aromatic carbocycles. The molecule has 3 aromatic rings. The lowest BCUT2D eigenvalue weighted by atomic mass is 10.0. The second-order valence-corrected chi connectivity index (χ2v) is 11.7. The molecule has 1 N–H and O–H groups in total. The third-order valence-electron chi connectivity index (χ3n) is 4.87. The first-order valence-corrected chi connectivity index (χ1v) is 13.8. The van der Waals surface area contributed by atoms with E-state index < -0.39 is 26.1 Å².